The second kappa shape index (κ2) is 7.86. The van der Waals surface area contributed by atoms with Gasteiger partial charge in [-0.25, -0.2) is 9.59 Å². The first-order valence-corrected chi connectivity index (χ1v) is 8.16. The minimum atomic E-state index is -1.05. The molecule has 0 unspecified atom stereocenters. The van der Waals surface area contributed by atoms with Gasteiger partial charge >= 0.3 is 11.9 Å². The number of aryl methyl sites for hydroxylation is 1. The maximum atomic E-state index is 12.6. The number of carbonyl (C=O) groups excluding carboxylic acids is 3. The van der Waals surface area contributed by atoms with E-state index in [1.807, 2.05) is 0 Å². The number of phenolic OH excluding ortho intramolecular Hbond substituents is 1. The van der Waals surface area contributed by atoms with Gasteiger partial charge in [0.1, 0.15) is 5.75 Å². The van der Waals surface area contributed by atoms with Crippen LogP contribution in [0.15, 0.2) is 24.3 Å². The molecule has 1 aromatic carbocycles. The number of aromatic nitrogens is 1. The van der Waals surface area contributed by atoms with Crippen LogP contribution in [0.5, 0.6) is 5.75 Å². The maximum Gasteiger partial charge on any atom is 0.340 e. The number of rotatable bonds is 6. The number of ketones is 1. The van der Waals surface area contributed by atoms with Crippen molar-refractivity contribution in [2.45, 2.75) is 33.8 Å². The molecule has 0 aliphatic heterocycles. The lowest BCUT2D eigenvalue weighted by atomic mass is 10.1. The third kappa shape index (κ3) is 3.93. The number of phenols is 1. The van der Waals surface area contributed by atoms with Crippen LogP contribution in [0.2, 0.25) is 0 Å². The van der Waals surface area contributed by atoms with E-state index in [1.165, 1.54) is 31.2 Å². The van der Waals surface area contributed by atoms with Crippen LogP contribution in [-0.2, 0) is 9.47 Å². The maximum absolute atomic E-state index is 12.6. The highest BCUT2D eigenvalue weighted by atomic mass is 16.5. The van der Waals surface area contributed by atoms with Crippen LogP contribution in [0, 0.1) is 13.8 Å². The van der Waals surface area contributed by atoms with Gasteiger partial charge in [0.2, 0.25) is 5.78 Å². The Morgan fingerprint density at radius 2 is 1.73 bits per heavy atom. The molecule has 7 nitrogen and oxygen atoms in total. The van der Waals surface area contributed by atoms with Gasteiger partial charge in [0.15, 0.2) is 6.10 Å². The summed E-state index contributed by atoms with van der Waals surface area (Å²) in [5, 5.41) is 9.25. The van der Waals surface area contributed by atoms with Gasteiger partial charge < -0.3 is 19.6 Å². The highest BCUT2D eigenvalue weighted by Gasteiger charge is 2.27. The van der Waals surface area contributed by atoms with Gasteiger partial charge in [0, 0.05) is 5.69 Å². The molecule has 7 heteroatoms. The fourth-order valence-electron chi connectivity index (χ4n) is 2.59. The van der Waals surface area contributed by atoms with Crippen molar-refractivity contribution in [2.24, 2.45) is 0 Å². The Hall–Kier alpha value is -3.09. The summed E-state index contributed by atoms with van der Waals surface area (Å²) in [6.45, 7) is 6.69. The number of hydrogen-bond acceptors (Lipinski definition) is 6. The van der Waals surface area contributed by atoms with E-state index < -0.39 is 23.8 Å². The number of H-pyrrole nitrogens is 1. The molecule has 0 bridgehead atoms. The van der Waals surface area contributed by atoms with Gasteiger partial charge in [-0.2, -0.15) is 0 Å². The van der Waals surface area contributed by atoms with E-state index in [9.17, 15) is 19.5 Å². The molecular weight excluding hydrogens is 338 g/mol. The number of aromatic amines is 1. The highest BCUT2D eigenvalue weighted by molar-refractivity contribution is 6.04. The molecule has 0 radical (unpaired) electrons. The Balaban J connectivity index is 2.18. The third-order valence-electron chi connectivity index (χ3n) is 3.92. The summed E-state index contributed by atoms with van der Waals surface area (Å²) in [7, 11) is 0. The summed E-state index contributed by atoms with van der Waals surface area (Å²) in [5.74, 6) is -1.62. The molecule has 2 aromatic rings. The molecule has 2 rings (SSSR count). The largest absolute Gasteiger partial charge is 0.508 e. The summed E-state index contributed by atoms with van der Waals surface area (Å²) in [5.41, 5.74) is 1.71. The summed E-state index contributed by atoms with van der Waals surface area (Å²) < 4.78 is 10.2. The van der Waals surface area contributed by atoms with Crippen molar-refractivity contribution in [1.82, 2.24) is 4.98 Å². The van der Waals surface area contributed by atoms with Crippen molar-refractivity contribution < 1.29 is 29.0 Å². The fraction of sp³-hybridized carbons (Fsp3) is 0.316. The number of ether oxygens (including phenoxy) is 2. The van der Waals surface area contributed by atoms with Crippen LogP contribution >= 0.6 is 0 Å². The van der Waals surface area contributed by atoms with Crippen LogP contribution in [0.4, 0.5) is 0 Å². The summed E-state index contributed by atoms with van der Waals surface area (Å²) >= 11 is 0. The van der Waals surface area contributed by atoms with Crippen molar-refractivity contribution in [3.63, 3.8) is 0 Å². The number of hydrogen-bond donors (Lipinski definition) is 2. The van der Waals surface area contributed by atoms with E-state index in [4.69, 9.17) is 9.47 Å². The van der Waals surface area contributed by atoms with Gasteiger partial charge in [-0.1, -0.05) is 0 Å². The molecule has 0 saturated carbocycles. The molecular formula is C19H21NO6. The first-order chi connectivity index (χ1) is 12.3. The quantitative estimate of drug-likeness (QED) is 0.607. The van der Waals surface area contributed by atoms with Gasteiger partial charge in [0.05, 0.1) is 23.4 Å². The lowest BCUT2D eigenvalue weighted by molar-refractivity contribution is 0.0316. The van der Waals surface area contributed by atoms with Gasteiger partial charge in [0.25, 0.3) is 0 Å². The molecule has 0 saturated heterocycles. The molecule has 0 amide bonds. The van der Waals surface area contributed by atoms with Crippen molar-refractivity contribution in [3.05, 3.63) is 52.3 Å². The topological polar surface area (TPSA) is 106 Å². The van der Waals surface area contributed by atoms with Crippen molar-refractivity contribution >= 4 is 17.7 Å². The average Bonchev–Trinajstić information content (AvgIpc) is 2.89. The summed E-state index contributed by atoms with van der Waals surface area (Å²) in [4.78, 5) is 39.6. The average molecular weight is 359 g/mol. The van der Waals surface area contributed by atoms with Gasteiger partial charge in [-0.3, -0.25) is 4.79 Å². The molecule has 0 aliphatic carbocycles. The van der Waals surface area contributed by atoms with E-state index in [0.717, 1.165) is 0 Å². The first-order valence-electron chi connectivity index (χ1n) is 8.16. The van der Waals surface area contributed by atoms with Crippen molar-refractivity contribution in [2.75, 3.05) is 6.61 Å². The van der Waals surface area contributed by atoms with Crippen LogP contribution in [0.1, 0.15) is 56.3 Å². The fourth-order valence-corrected chi connectivity index (χ4v) is 2.59. The molecule has 1 heterocycles. The standard InChI is InChI=1S/C19H21NO6/c1-5-25-19(24)15-10(2)16(20-11(15)3)17(22)12(4)26-18(23)13-6-8-14(21)9-7-13/h6-9,12,20-21H,5H2,1-4H3/t12-/m0/s1. The Morgan fingerprint density at radius 3 is 2.31 bits per heavy atom. The molecule has 0 fully saturated rings. The smallest absolute Gasteiger partial charge is 0.340 e. The predicted octanol–water partition coefficient (Wildman–Crippen LogP) is 2.94. The number of benzene rings is 1. The monoisotopic (exact) mass is 359 g/mol. The number of esters is 2. The van der Waals surface area contributed by atoms with Gasteiger partial charge in [-0.15, -0.1) is 0 Å². The first kappa shape index (κ1) is 19.2. The lowest BCUT2D eigenvalue weighted by Crippen LogP contribution is -2.25. The number of Topliss-reactive ketones (excluding diaryl/α,β-unsaturated/α-hetero) is 1. The number of aromatic hydroxyl groups is 1. The summed E-state index contributed by atoms with van der Waals surface area (Å²) in [6.07, 6.45) is -1.05. The molecule has 0 spiro atoms. The minimum Gasteiger partial charge on any atom is -0.508 e. The van der Waals surface area contributed by atoms with E-state index in [1.54, 1.807) is 20.8 Å². The van der Waals surface area contributed by atoms with E-state index >= 15 is 0 Å². The molecule has 0 aliphatic rings. The van der Waals surface area contributed by atoms with E-state index in [-0.39, 0.29) is 23.6 Å². The van der Waals surface area contributed by atoms with Crippen molar-refractivity contribution in [3.8, 4) is 5.75 Å². The van der Waals surface area contributed by atoms with E-state index in [2.05, 4.69) is 4.98 Å². The second-order valence-electron chi connectivity index (χ2n) is 5.80. The minimum absolute atomic E-state index is 0.0228. The third-order valence-corrected chi connectivity index (χ3v) is 3.92. The lowest BCUT2D eigenvalue weighted by Gasteiger charge is -2.12. The number of nitrogens with one attached hydrogen (secondary N) is 1. The Kier molecular flexibility index (Phi) is 5.82. The molecule has 1 atom stereocenters. The van der Waals surface area contributed by atoms with E-state index in [0.29, 0.717) is 16.8 Å². The van der Waals surface area contributed by atoms with Gasteiger partial charge in [-0.05, 0) is 57.5 Å². The molecule has 26 heavy (non-hydrogen) atoms. The Labute approximate surface area is 150 Å². The molecule has 1 aromatic heterocycles. The second-order valence-corrected chi connectivity index (χ2v) is 5.80. The zero-order chi connectivity index (χ0) is 19.4. The number of carbonyl (C=O) groups is 3. The van der Waals surface area contributed by atoms with Crippen LogP contribution in [0.3, 0.4) is 0 Å². The normalized spacial score (nSPS) is 11.7. The van der Waals surface area contributed by atoms with Crippen molar-refractivity contribution in [1.29, 1.82) is 0 Å². The van der Waals surface area contributed by atoms with Crippen LogP contribution < -0.4 is 0 Å². The van der Waals surface area contributed by atoms with Crippen LogP contribution in [0.25, 0.3) is 0 Å². The highest BCUT2D eigenvalue weighted by Crippen LogP contribution is 2.21. The zero-order valence-electron chi connectivity index (χ0n) is 15.1. The molecule has 138 valence electrons. The molecule has 2 N–H and O–H groups in total. The summed E-state index contributed by atoms with van der Waals surface area (Å²) in [6, 6.07) is 5.51. The van der Waals surface area contributed by atoms with Crippen LogP contribution in [-0.4, -0.2) is 40.5 Å². The predicted molar refractivity (Wildman–Crippen MR) is 93.5 cm³/mol. The SMILES string of the molecule is CCOC(=O)c1c(C)[nH]c(C(=O)[C@H](C)OC(=O)c2ccc(O)cc2)c1C. The zero-order valence-corrected chi connectivity index (χ0v) is 15.1. The Bertz CT molecular complexity index is 834. The Morgan fingerprint density at radius 1 is 1.12 bits per heavy atom.